The van der Waals surface area contributed by atoms with Crippen LogP contribution in [0.4, 0.5) is 0 Å². The zero-order valence-electron chi connectivity index (χ0n) is 6.03. The van der Waals surface area contributed by atoms with E-state index in [0.29, 0.717) is 0 Å². The fourth-order valence-corrected chi connectivity index (χ4v) is 1.32. The van der Waals surface area contributed by atoms with Crippen LogP contribution in [0.25, 0.3) is 0 Å². The Hall–Kier alpha value is -0.880. The van der Waals surface area contributed by atoms with E-state index >= 15 is 0 Å². The smallest absolute Gasteiger partial charge is 0.349 e. The van der Waals surface area contributed by atoms with Gasteiger partial charge in [-0.05, 0) is 19.4 Å². The highest BCUT2D eigenvalue weighted by Crippen LogP contribution is 2.09. The van der Waals surface area contributed by atoms with E-state index in [0.717, 1.165) is 0 Å². The van der Waals surface area contributed by atoms with Gasteiger partial charge in [0.25, 0.3) is 0 Å². The molecule has 0 aliphatic rings. The molecule has 0 aromatic heterocycles. The normalized spacial score (nSPS) is 10.8. The average Bonchev–Trinajstić information content (AvgIpc) is 1.54. The largest absolute Gasteiger partial charge is 0.477 e. The lowest BCUT2D eigenvalue weighted by molar-refractivity contribution is -0.131. The second-order valence-electron chi connectivity index (χ2n) is 2.11. The highest BCUT2D eigenvalue weighted by atomic mass is 32.2. The van der Waals surface area contributed by atoms with E-state index in [-0.39, 0.29) is 5.57 Å². The molecule has 0 saturated heterocycles. The van der Waals surface area contributed by atoms with Crippen LogP contribution in [-0.2, 0) is 14.9 Å². The molecule has 0 bridgehead atoms. The first-order chi connectivity index (χ1) is 4.76. The Morgan fingerprint density at radius 2 is 1.64 bits per heavy atom. The molecule has 0 aliphatic carbocycles. The lowest BCUT2D eigenvalue weighted by Crippen LogP contribution is -2.13. The Bertz CT molecular complexity index is 293. The van der Waals surface area contributed by atoms with Crippen molar-refractivity contribution in [1.29, 1.82) is 0 Å². The van der Waals surface area contributed by atoms with Crippen LogP contribution >= 0.6 is 0 Å². The summed E-state index contributed by atoms with van der Waals surface area (Å²) in [5.74, 6) is -1.65. The number of hydrogen-bond donors (Lipinski definition) is 2. The standard InChI is InChI=1S/C5H8O5S/c1-3(2)4(5(6)7)11(8,9)10/h1-2H3,(H,6,7)(H,8,9,10). The Labute approximate surface area is 64.1 Å². The van der Waals surface area contributed by atoms with Gasteiger partial charge in [0.1, 0.15) is 0 Å². The maximum absolute atomic E-state index is 10.3. The molecule has 2 N–H and O–H groups in total. The van der Waals surface area contributed by atoms with Crippen LogP contribution in [0.1, 0.15) is 13.8 Å². The highest BCUT2D eigenvalue weighted by molar-refractivity contribution is 7.90. The Kier molecular flexibility index (Phi) is 2.77. The van der Waals surface area contributed by atoms with Crippen molar-refractivity contribution in [3.05, 3.63) is 10.5 Å². The van der Waals surface area contributed by atoms with Crippen LogP contribution in [0.5, 0.6) is 0 Å². The van der Waals surface area contributed by atoms with Crippen LogP contribution in [-0.4, -0.2) is 24.0 Å². The fraction of sp³-hybridized carbons (Fsp3) is 0.400. The third-order valence-electron chi connectivity index (χ3n) is 0.906. The molecule has 0 aromatic rings. The van der Waals surface area contributed by atoms with E-state index in [9.17, 15) is 13.2 Å². The second-order valence-corrected chi connectivity index (χ2v) is 3.47. The molecule has 0 aromatic carbocycles. The molecule has 5 nitrogen and oxygen atoms in total. The molecule has 0 amide bonds. The predicted octanol–water partition coefficient (Wildman–Crippen LogP) is 0.253. The molecule has 0 rings (SSSR count). The number of hydrogen-bond acceptors (Lipinski definition) is 3. The summed E-state index contributed by atoms with van der Waals surface area (Å²) in [6.45, 7) is 2.58. The van der Waals surface area contributed by atoms with Gasteiger partial charge >= 0.3 is 16.1 Å². The van der Waals surface area contributed by atoms with E-state index in [4.69, 9.17) is 9.66 Å². The molecule has 11 heavy (non-hydrogen) atoms. The molecule has 0 radical (unpaired) electrons. The second kappa shape index (κ2) is 3.02. The zero-order valence-corrected chi connectivity index (χ0v) is 6.84. The van der Waals surface area contributed by atoms with Crippen molar-refractivity contribution in [2.75, 3.05) is 0 Å². The first-order valence-corrected chi connectivity index (χ1v) is 4.09. The summed E-state index contributed by atoms with van der Waals surface area (Å²) < 4.78 is 29.0. The van der Waals surface area contributed by atoms with Crippen LogP contribution in [0, 0.1) is 0 Å². The molecule has 0 aliphatic heterocycles. The minimum Gasteiger partial charge on any atom is -0.477 e. The topological polar surface area (TPSA) is 91.7 Å². The van der Waals surface area contributed by atoms with E-state index in [2.05, 4.69) is 0 Å². The molecule has 0 fully saturated rings. The third kappa shape index (κ3) is 2.69. The summed E-state index contributed by atoms with van der Waals surface area (Å²) in [7, 11) is -4.58. The first kappa shape index (κ1) is 10.1. The molecule has 0 heterocycles. The molecular weight excluding hydrogens is 172 g/mol. The summed E-state index contributed by atoms with van der Waals surface area (Å²) in [6.07, 6.45) is 0. The highest BCUT2D eigenvalue weighted by Gasteiger charge is 2.22. The average molecular weight is 180 g/mol. The maximum Gasteiger partial charge on any atom is 0.349 e. The van der Waals surface area contributed by atoms with Crippen molar-refractivity contribution in [3.63, 3.8) is 0 Å². The SMILES string of the molecule is CC(C)=C(C(=O)O)S(=O)(=O)O. The van der Waals surface area contributed by atoms with Crippen molar-refractivity contribution in [1.82, 2.24) is 0 Å². The van der Waals surface area contributed by atoms with Crippen LogP contribution < -0.4 is 0 Å². The van der Waals surface area contributed by atoms with Gasteiger partial charge in [-0.3, -0.25) is 4.55 Å². The maximum atomic E-state index is 10.3. The van der Waals surface area contributed by atoms with Crippen LogP contribution in [0.15, 0.2) is 10.5 Å². The monoisotopic (exact) mass is 180 g/mol. The van der Waals surface area contributed by atoms with E-state index in [1.165, 1.54) is 13.8 Å². The van der Waals surface area contributed by atoms with Crippen molar-refractivity contribution >= 4 is 16.1 Å². The van der Waals surface area contributed by atoms with E-state index in [1.54, 1.807) is 0 Å². The van der Waals surface area contributed by atoms with Crippen molar-refractivity contribution in [2.45, 2.75) is 13.8 Å². The van der Waals surface area contributed by atoms with E-state index in [1.807, 2.05) is 0 Å². The van der Waals surface area contributed by atoms with Crippen molar-refractivity contribution < 1.29 is 22.9 Å². The summed E-state index contributed by atoms with van der Waals surface area (Å²) in [4.78, 5) is 9.23. The predicted molar refractivity (Wildman–Crippen MR) is 37.6 cm³/mol. The van der Waals surface area contributed by atoms with Gasteiger partial charge in [-0.1, -0.05) is 0 Å². The van der Waals surface area contributed by atoms with Crippen molar-refractivity contribution in [3.8, 4) is 0 Å². The summed E-state index contributed by atoms with van der Waals surface area (Å²) in [5.41, 5.74) is 0.0417. The zero-order chi connectivity index (χ0) is 9.23. The fourth-order valence-electron chi connectivity index (χ4n) is 0.582. The van der Waals surface area contributed by atoms with Gasteiger partial charge < -0.3 is 5.11 Å². The number of aliphatic carboxylic acids is 1. The number of carboxylic acid groups (broad SMARTS) is 1. The summed E-state index contributed by atoms with van der Waals surface area (Å²) >= 11 is 0. The number of rotatable bonds is 2. The molecule has 0 unspecified atom stereocenters. The van der Waals surface area contributed by atoms with Gasteiger partial charge in [0, 0.05) is 0 Å². The molecule has 0 saturated carbocycles. The van der Waals surface area contributed by atoms with Crippen LogP contribution in [0.3, 0.4) is 0 Å². The Morgan fingerprint density at radius 1 is 1.27 bits per heavy atom. The van der Waals surface area contributed by atoms with Crippen LogP contribution in [0.2, 0.25) is 0 Å². The summed E-state index contributed by atoms with van der Waals surface area (Å²) in [5, 5.41) is 8.28. The summed E-state index contributed by atoms with van der Waals surface area (Å²) in [6, 6.07) is 0. The molecular formula is C5H8O5S. The van der Waals surface area contributed by atoms with Gasteiger partial charge in [0.2, 0.25) is 0 Å². The van der Waals surface area contributed by atoms with Gasteiger partial charge in [-0.2, -0.15) is 8.42 Å². The number of allylic oxidation sites excluding steroid dienone is 1. The molecule has 6 heteroatoms. The van der Waals surface area contributed by atoms with Gasteiger partial charge in [0.15, 0.2) is 4.91 Å². The van der Waals surface area contributed by atoms with Crippen molar-refractivity contribution in [2.24, 2.45) is 0 Å². The van der Waals surface area contributed by atoms with Gasteiger partial charge in [-0.25, -0.2) is 4.79 Å². The molecule has 64 valence electrons. The van der Waals surface area contributed by atoms with E-state index < -0.39 is 21.0 Å². The van der Waals surface area contributed by atoms with Gasteiger partial charge in [0.05, 0.1) is 0 Å². The quantitative estimate of drug-likeness (QED) is 0.469. The van der Waals surface area contributed by atoms with Gasteiger partial charge in [-0.15, -0.1) is 0 Å². The molecule has 0 atom stereocenters. The minimum absolute atomic E-state index is 0.0417. The Balaban J connectivity index is 5.32. The first-order valence-electron chi connectivity index (χ1n) is 2.65. The minimum atomic E-state index is -4.58. The Morgan fingerprint density at radius 3 is 1.64 bits per heavy atom. The lowest BCUT2D eigenvalue weighted by atomic mass is 10.3. The lowest BCUT2D eigenvalue weighted by Gasteiger charge is -1.98. The molecule has 0 spiro atoms. The third-order valence-corrected chi connectivity index (χ3v) is 2.01. The number of carbonyl (C=O) groups is 1. The number of carboxylic acids is 1.